The van der Waals surface area contributed by atoms with Gasteiger partial charge in [0.25, 0.3) is 0 Å². The molecular weight excluding hydrogens is 342 g/mol. The summed E-state index contributed by atoms with van der Waals surface area (Å²) in [5.41, 5.74) is 7.68. The summed E-state index contributed by atoms with van der Waals surface area (Å²) in [5.74, 6) is 1.13. The van der Waals surface area contributed by atoms with Crippen LogP contribution >= 0.6 is 11.6 Å². The van der Waals surface area contributed by atoms with Crippen molar-refractivity contribution in [2.75, 3.05) is 12.8 Å². The fourth-order valence-electron chi connectivity index (χ4n) is 3.65. The molecule has 0 bridgehead atoms. The van der Waals surface area contributed by atoms with Gasteiger partial charge in [0.05, 0.1) is 24.6 Å². The van der Waals surface area contributed by atoms with E-state index in [1.54, 1.807) is 13.3 Å². The van der Waals surface area contributed by atoms with Crippen LogP contribution in [0.2, 0.25) is 5.28 Å². The molecular formula is C17H18ClN5O2. The Balaban J connectivity index is 1.68. The summed E-state index contributed by atoms with van der Waals surface area (Å²) >= 11 is 5.95. The number of fused-ring (bicyclic) bond motifs is 1. The number of nitrogens with zero attached hydrogens (tertiary/aromatic N) is 4. The van der Waals surface area contributed by atoms with E-state index in [1.807, 2.05) is 29.0 Å². The van der Waals surface area contributed by atoms with E-state index in [0.717, 1.165) is 17.4 Å². The topological polar surface area (TPSA) is 99.1 Å². The van der Waals surface area contributed by atoms with Crippen LogP contribution in [0.1, 0.15) is 30.4 Å². The van der Waals surface area contributed by atoms with E-state index >= 15 is 0 Å². The van der Waals surface area contributed by atoms with Crippen molar-refractivity contribution in [1.82, 2.24) is 19.5 Å². The summed E-state index contributed by atoms with van der Waals surface area (Å²) in [6.45, 7) is 0. The third-order valence-electron chi connectivity index (χ3n) is 4.87. The van der Waals surface area contributed by atoms with Gasteiger partial charge in [-0.25, -0.2) is 9.97 Å². The van der Waals surface area contributed by atoms with E-state index in [2.05, 4.69) is 15.0 Å². The molecule has 25 heavy (non-hydrogen) atoms. The second-order valence-corrected chi connectivity index (χ2v) is 6.61. The smallest absolute Gasteiger partial charge is 0.226 e. The zero-order chi connectivity index (χ0) is 17.6. The van der Waals surface area contributed by atoms with Crippen LogP contribution in [-0.2, 0) is 0 Å². The first-order valence-electron chi connectivity index (χ1n) is 8.04. The highest BCUT2D eigenvalue weighted by Crippen LogP contribution is 2.43. The Kier molecular flexibility index (Phi) is 3.97. The lowest BCUT2D eigenvalue weighted by molar-refractivity contribution is 0.137. The highest BCUT2D eigenvalue weighted by Gasteiger charge is 2.36. The Hall–Kier alpha value is -2.38. The molecule has 1 saturated carbocycles. The first-order chi connectivity index (χ1) is 12.1. The van der Waals surface area contributed by atoms with Gasteiger partial charge >= 0.3 is 0 Å². The number of ether oxygens (including phenoxy) is 1. The maximum atomic E-state index is 10.6. The lowest BCUT2D eigenvalue weighted by Crippen LogP contribution is -2.17. The van der Waals surface area contributed by atoms with Crippen LogP contribution in [0, 0.1) is 0 Å². The molecule has 0 amide bonds. The van der Waals surface area contributed by atoms with Crippen LogP contribution in [0.5, 0.6) is 5.88 Å². The molecule has 0 saturated heterocycles. The van der Waals surface area contributed by atoms with E-state index in [0.29, 0.717) is 23.8 Å². The first kappa shape index (κ1) is 16.1. The van der Waals surface area contributed by atoms with E-state index in [1.165, 1.54) is 0 Å². The zero-order valence-corrected chi connectivity index (χ0v) is 14.4. The fraction of sp³-hybridized carbons (Fsp3) is 0.353. The van der Waals surface area contributed by atoms with Crippen LogP contribution < -0.4 is 10.5 Å². The van der Waals surface area contributed by atoms with E-state index < -0.39 is 6.10 Å². The van der Waals surface area contributed by atoms with Crippen molar-refractivity contribution in [1.29, 1.82) is 0 Å². The lowest BCUT2D eigenvalue weighted by atomic mass is 9.98. The average molecular weight is 360 g/mol. The summed E-state index contributed by atoms with van der Waals surface area (Å²) in [6.07, 6.45) is 4.56. The van der Waals surface area contributed by atoms with Gasteiger partial charge in [0.1, 0.15) is 11.5 Å². The molecule has 3 aromatic rings. The number of nitrogens with two attached hydrogens (primary N) is 1. The molecule has 0 spiro atoms. The number of hydrogen-bond donors (Lipinski definition) is 2. The van der Waals surface area contributed by atoms with E-state index in [9.17, 15) is 5.11 Å². The lowest BCUT2D eigenvalue weighted by Gasteiger charge is -2.17. The molecule has 3 heterocycles. The largest absolute Gasteiger partial charge is 0.481 e. The molecule has 130 valence electrons. The van der Waals surface area contributed by atoms with Crippen molar-refractivity contribution in [3.05, 3.63) is 41.4 Å². The van der Waals surface area contributed by atoms with Crippen molar-refractivity contribution in [2.24, 2.45) is 0 Å². The number of aliphatic hydroxyl groups excluding tert-OH is 1. The van der Waals surface area contributed by atoms with Gasteiger partial charge in [-0.1, -0.05) is 0 Å². The summed E-state index contributed by atoms with van der Waals surface area (Å²) in [4.78, 5) is 12.4. The Labute approximate surface area is 149 Å². The SMILES string of the molecule is COc1cc([C@@H]2C[C@@H](O)[C@H](n3ccc4c(N)nc(Cl)nc43)C2)ccn1. The molecule has 1 aliphatic carbocycles. The number of aliphatic hydroxyl groups is 1. The molecule has 3 atom stereocenters. The standard InChI is InChI=1S/C17H18ClN5O2/c1-25-14-8-9(2-4-20-14)10-6-12(13(24)7-10)23-5-3-11-15(19)21-17(18)22-16(11)23/h2-5,8,10,12-13,24H,6-7H2,1H3,(H2,19,21,22)/t10-,12+,13+/m0/s1. The monoisotopic (exact) mass is 359 g/mol. The predicted molar refractivity (Wildman–Crippen MR) is 94.8 cm³/mol. The predicted octanol–water partition coefficient (Wildman–Crippen LogP) is 2.55. The van der Waals surface area contributed by atoms with Crippen LogP contribution in [0.25, 0.3) is 11.0 Å². The highest BCUT2D eigenvalue weighted by atomic mass is 35.5. The van der Waals surface area contributed by atoms with Crippen molar-refractivity contribution < 1.29 is 9.84 Å². The average Bonchev–Trinajstić information content (AvgIpc) is 3.18. The van der Waals surface area contributed by atoms with Gasteiger partial charge in [-0.3, -0.25) is 0 Å². The molecule has 3 aromatic heterocycles. The molecule has 1 fully saturated rings. The summed E-state index contributed by atoms with van der Waals surface area (Å²) < 4.78 is 7.15. The van der Waals surface area contributed by atoms with E-state index in [4.69, 9.17) is 22.1 Å². The second-order valence-electron chi connectivity index (χ2n) is 6.27. The number of methoxy groups -OCH3 is 1. The first-order valence-corrected chi connectivity index (χ1v) is 8.42. The Morgan fingerprint density at radius 2 is 2.16 bits per heavy atom. The van der Waals surface area contributed by atoms with Crippen molar-refractivity contribution >= 4 is 28.5 Å². The highest BCUT2D eigenvalue weighted by molar-refractivity contribution is 6.28. The Morgan fingerprint density at radius 1 is 1.32 bits per heavy atom. The summed E-state index contributed by atoms with van der Waals surface area (Å²) in [5, 5.41) is 11.5. The van der Waals surface area contributed by atoms with Gasteiger partial charge in [-0.15, -0.1) is 0 Å². The number of rotatable bonds is 3. The molecule has 0 aliphatic heterocycles. The molecule has 1 aliphatic rings. The third-order valence-corrected chi connectivity index (χ3v) is 5.04. The summed E-state index contributed by atoms with van der Waals surface area (Å²) in [7, 11) is 1.60. The molecule has 0 aromatic carbocycles. The van der Waals surface area contributed by atoms with Crippen molar-refractivity contribution in [3.63, 3.8) is 0 Å². The van der Waals surface area contributed by atoms with Crippen molar-refractivity contribution in [2.45, 2.75) is 30.9 Å². The zero-order valence-electron chi connectivity index (χ0n) is 13.6. The van der Waals surface area contributed by atoms with Gasteiger partial charge in [-0.2, -0.15) is 4.98 Å². The maximum Gasteiger partial charge on any atom is 0.226 e. The maximum absolute atomic E-state index is 10.6. The van der Waals surface area contributed by atoms with Crippen LogP contribution in [0.3, 0.4) is 0 Å². The van der Waals surface area contributed by atoms with Gasteiger partial charge in [0.15, 0.2) is 0 Å². The number of nitrogen functional groups attached to an aromatic ring is 1. The molecule has 3 N–H and O–H groups in total. The van der Waals surface area contributed by atoms with Crippen LogP contribution in [-0.4, -0.2) is 37.8 Å². The van der Waals surface area contributed by atoms with Gasteiger partial charge in [-0.05, 0) is 48.1 Å². The summed E-state index contributed by atoms with van der Waals surface area (Å²) in [6, 6.07) is 5.64. The quantitative estimate of drug-likeness (QED) is 0.697. The Morgan fingerprint density at radius 3 is 2.96 bits per heavy atom. The Bertz CT molecular complexity index is 929. The molecule has 7 nitrogen and oxygen atoms in total. The van der Waals surface area contributed by atoms with Gasteiger partial charge in [0.2, 0.25) is 11.2 Å². The number of anilines is 1. The number of hydrogen-bond acceptors (Lipinski definition) is 6. The third kappa shape index (κ3) is 2.79. The minimum absolute atomic E-state index is 0.104. The van der Waals surface area contributed by atoms with Crippen LogP contribution in [0.4, 0.5) is 5.82 Å². The number of pyridine rings is 1. The number of halogens is 1. The second kappa shape index (κ2) is 6.16. The molecule has 0 unspecified atom stereocenters. The minimum atomic E-state index is -0.491. The van der Waals surface area contributed by atoms with Crippen molar-refractivity contribution in [3.8, 4) is 5.88 Å². The minimum Gasteiger partial charge on any atom is -0.481 e. The fourth-order valence-corrected chi connectivity index (χ4v) is 3.82. The molecule has 8 heteroatoms. The molecule has 0 radical (unpaired) electrons. The normalized spacial score (nSPS) is 23.2. The van der Waals surface area contributed by atoms with Gasteiger partial charge in [0, 0.05) is 18.5 Å². The van der Waals surface area contributed by atoms with Crippen LogP contribution in [0.15, 0.2) is 30.6 Å². The van der Waals surface area contributed by atoms with Gasteiger partial charge < -0.3 is 20.1 Å². The molecule has 4 rings (SSSR count). The number of aromatic nitrogens is 4. The van der Waals surface area contributed by atoms with E-state index in [-0.39, 0.29) is 17.2 Å².